The maximum atomic E-state index is 10.8. The zero-order chi connectivity index (χ0) is 12.4. The van der Waals surface area contributed by atoms with Gasteiger partial charge in [-0.3, -0.25) is 10.1 Å². The smallest absolute Gasteiger partial charge is 0.275 e. The van der Waals surface area contributed by atoms with Gasteiger partial charge in [0.2, 0.25) is 0 Å². The standard InChI is InChI=1S/C11H11N3O3/c1-8-6-13(7-12-8)9-3-10(14(15)16)5-11(4-9)17-2/h3-7H,1-2H3. The molecular formula is C11H11N3O3. The second kappa shape index (κ2) is 4.25. The third-order valence-electron chi connectivity index (χ3n) is 2.33. The lowest BCUT2D eigenvalue weighted by molar-refractivity contribution is -0.384. The Bertz CT molecular complexity index is 563. The lowest BCUT2D eigenvalue weighted by atomic mass is 10.2. The Hall–Kier alpha value is -2.37. The van der Waals surface area contributed by atoms with Gasteiger partial charge in [0, 0.05) is 18.3 Å². The zero-order valence-corrected chi connectivity index (χ0v) is 9.45. The van der Waals surface area contributed by atoms with E-state index in [1.807, 2.05) is 6.92 Å². The Morgan fingerprint density at radius 1 is 1.41 bits per heavy atom. The molecule has 0 spiro atoms. The second-order valence-electron chi connectivity index (χ2n) is 3.57. The van der Waals surface area contributed by atoms with Crippen molar-refractivity contribution in [2.75, 3.05) is 7.11 Å². The van der Waals surface area contributed by atoms with Crippen molar-refractivity contribution in [1.82, 2.24) is 9.55 Å². The Morgan fingerprint density at radius 2 is 2.18 bits per heavy atom. The molecule has 1 aromatic carbocycles. The molecule has 0 saturated carbocycles. The van der Waals surface area contributed by atoms with Crippen molar-refractivity contribution in [3.05, 3.63) is 46.5 Å². The number of hydrogen-bond acceptors (Lipinski definition) is 4. The van der Waals surface area contributed by atoms with Gasteiger partial charge in [-0.25, -0.2) is 4.98 Å². The molecule has 6 nitrogen and oxygen atoms in total. The largest absolute Gasteiger partial charge is 0.496 e. The summed E-state index contributed by atoms with van der Waals surface area (Å²) in [6.07, 6.45) is 3.40. The lowest BCUT2D eigenvalue weighted by Gasteiger charge is -2.05. The molecule has 0 amide bonds. The van der Waals surface area contributed by atoms with Crippen LogP contribution in [0.3, 0.4) is 0 Å². The number of hydrogen-bond donors (Lipinski definition) is 0. The summed E-state index contributed by atoms with van der Waals surface area (Å²) in [6.45, 7) is 1.85. The van der Waals surface area contributed by atoms with Crippen molar-refractivity contribution >= 4 is 5.69 Å². The van der Waals surface area contributed by atoms with Crippen LogP contribution in [0.4, 0.5) is 5.69 Å². The number of aryl methyl sites for hydroxylation is 1. The summed E-state index contributed by atoms with van der Waals surface area (Å²) in [6, 6.07) is 4.57. The number of aromatic nitrogens is 2. The van der Waals surface area contributed by atoms with Crippen LogP contribution in [0.1, 0.15) is 5.69 Å². The summed E-state index contributed by atoms with van der Waals surface area (Å²) in [5, 5.41) is 10.8. The van der Waals surface area contributed by atoms with Gasteiger partial charge in [0.1, 0.15) is 5.75 Å². The molecule has 0 fully saturated rings. The quantitative estimate of drug-likeness (QED) is 0.601. The molecular weight excluding hydrogens is 222 g/mol. The van der Waals surface area contributed by atoms with E-state index in [2.05, 4.69) is 4.98 Å². The van der Waals surface area contributed by atoms with Gasteiger partial charge in [-0.15, -0.1) is 0 Å². The average molecular weight is 233 g/mol. The maximum absolute atomic E-state index is 10.8. The van der Waals surface area contributed by atoms with Crippen molar-refractivity contribution in [2.45, 2.75) is 6.92 Å². The fourth-order valence-electron chi connectivity index (χ4n) is 1.50. The van der Waals surface area contributed by atoms with Gasteiger partial charge in [0.05, 0.1) is 35.8 Å². The summed E-state index contributed by atoms with van der Waals surface area (Å²) in [7, 11) is 1.47. The molecule has 0 aliphatic rings. The molecule has 2 rings (SSSR count). The molecule has 1 heterocycles. The summed E-state index contributed by atoms with van der Waals surface area (Å²) in [4.78, 5) is 14.4. The average Bonchev–Trinajstić information content (AvgIpc) is 2.75. The van der Waals surface area contributed by atoms with Crippen LogP contribution in [-0.4, -0.2) is 21.6 Å². The molecule has 0 saturated heterocycles. The third kappa shape index (κ3) is 2.25. The minimum atomic E-state index is -0.449. The topological polar surface area (TPSA) is 70.2 Å². The summed E-state index contributed by atoms with van der Waals surface area (Å²) >= 11 is 0. The van der Waals surface area contributed by atoms with E-state index in [9.17, 15) is 10.1 Å². The molecule has 0 unspecified atom stereocenters. The highest BCUT2D eigenvalue weighted by atomic mass is 16.6. The molecule has 0 N–H and O–H groups in total. The Balaban J connectivity index is 2.53. The van der Waals surface area contributed by atoms with E-state index < -0.39 is 4.92 Å². The zero-order valence-electron chi connectivity index (χ0n) is 9.45. The van der Waals surface area contributed by atoms with E-state index >= 15 is 0 Å². The summed E-state index contributed by atoms with van der Waals surface area (Å²) < 4.78 is 6.75. The van der Waals surface area contributed by atoms with E-state index in [0.717, 1.165) is 5.69 Å². The molecule has 0 radical (unpaired) electrons. The van der Waals surface area contributed by atoms with E-state index in [1.165, 1.54) is 19.2 Å². The van der Waals surface area contributed by atoms with Gasteiger partial charge in [0.15, 0.2) is 0 Å². The van der Waals surface area contributed by atoms with E-state index in [0.29, 0.717) is 11.4 Å². The number of nitro benzene ring substituents is 1. The number of benzene rings is 1. The first-order valence-corrected chi connectivity index (χ1v) is 4.94. The molecule has 0 aliphatic heterocycles. The van der Waals surface area contributed by atoms with Gasteiger partial charge < -0.3 is 9.30 Å². The van der Waals surface area contributed by atoms with E-state index in [1.54, 1.807) is 23.2 Å². The van der Waals surface area contributed by atoms with Crippen molar-refractivity contribution in [3.63, 3.8) is 0 Å². The van der Waals surface area contributed by atoms with Gasteiger partial charge in [-0.2, -0.15) is 0 Å². The normalized spacial score (nSPS) is 10.2. The minimum absolute atomic E-state index is 0.00861. The summed E-state index contributed by atoms with van der Waals surface area (Å²) in [5.41, 5.74) is 1.48. The fraction of sp³-hybridized carbons (Fsp3) is 0.182. The Kier molecular flexibility index (Phi) is 2.78. The molecule has 0 bridgehead atoms. The van der Waals surface area contributed by atoms with Gasteiger partial charge >= 0.3 is 0 Å². The number of rotatable bonds is 3. The first-order chi connectivity index (χ1) is 8.10. The predicted octanol–water partition coefficient (Wildman–Crippen LogP) is 2.10. The first-order valence-electron chi connectivity index (χ1n) is 4.94. The highest BCUT2D eigenvalue weighted by Gasteiger charge is 2.11. The Morgan fingerprint density at radius 3 is 2.71 bits per heavy atom. The van der Waals surface area contributed by atoms with Crippen LogP contribution >= 0.6 is 0 Å². The van der Waals surface area contributed by atoms with Gasteiger partial charge in [-0.1, -0.05) is 0 Å². The van der Waals surface area contributed by atoms with Crippen LogP contribution in [0.25, 0.3) is 5.69 Å². The SMILES string of the molecule is COc1cc(-n2cnc(C)c2)cc([N+](=O)[O-])c1. The Labute approximate surface area is 97.6 Å². The van der Waals surface area contributed by atoms with Crippen LogP contribution < -0.4 is 4.74 Å². The predicted molar refractivity (Wildman–Crippen MR) is 61.5 cm³/mol. The van der Waals surface area contributed by atoms with Crippen LogP contribution in [0, 0.1) is 17.0 Å². The molecule has 17 heavy (non-hydrogen) atoms. The van der Waals surface area contributed by atoms with Crippen LogP contribution in [-0.2, 0) is 0 Å². The second-order valence-corrected chi connectivity index (χ2v) is 3.57. The van der Waals surface area contributed by atoms with Crippen molar-refractivity contribution in [1.29, 1.82) is 0 Å². The third-order valence-corrected chi connectivity index (χ3v) is 2.33. The first kappa shape index (κ1) is 11.1. The molecule has 88 valence electrons. The number of ether oxygens (including phenoxy) is 1. The maximum Gasteiger partial charge on any atom is 0.275 e. The molecule has 2 aromatic rings. The van der Waals surface area contributed by atoms with Crippen LogP contribution in [0.5, 0.6) is 5.75 Å². The van der Waals surface area contributed by atoms with Crippen molar-refractivity contribution < 1.29 is 9.66 Å². The number of nitrogens with zero attached hydrogens (tertiary/aromatic N) is 3. The number of nitro groups is 1. The van der Waals surface area contributed by atoms with Gasteiger partial charge in [-0.05, 0) is 6.92 Å². The molecule has 0 aliphatic carbocycles. The van der Waals surface area contributed by atoms with Gasteiger partial charge in [0.25, 0.3) is 5.69 Å². The highest BCUT2D eigenvalue weighted by molar-refractivity contribution is 5.50. The van der Waals surface area contributed by atoms with Crippen molar-refractivity contribution in [3.8, 4) is 11.4 Å². The molecule has 0 atom stereocenters. The minimum Gasteiger partial charge on any atom is -0.496 e. The van der Waals surface area contributed by atoms with E-state index in [-0.39, 0.29) is 5.69 Å². The summed E-state index contributed by atoms with van der Waals surface area (Å²) in [5.74, 6) is 0.445. The number of non-ortho nitro benzene ring substituents is 1. The molecule has 6 heteroatoms. The van der Waals surface area contributed by atoms with Crippen LogP contribution in [0.2, 0.25) is 0 Å². The number of methoxy groups -OCH3 is 1. The van der Waals surface area contributed by atoms with E-state index in [4.69, 9.17) is 4.74 Å². The van der Waals surface area contributed by atoms with Crippen LogP contribution in [0.15, 0.2) is 30.7 Å². The lowest BCUT2D eigenvalue weighted by Crippen LogP contribution is -1.95. The molecule has 1 aromatic heterocycles. The fourth-order valence-corrected chi connectivity index (χ4v) is 1.50. The highest BCUT2D eigenvalue weighted by Crippen LogP contribution is 2.24. The van der Waals surface area contributed by atoms with Crippen molar-refractivity contribution in [2.24, 2.45) is 0 Å². The number of imidazole rings is 1. The monoisotopic (exact) mass is 233 g/mol.